The van der Waals surface area contributed by atoms with Gasteiger partial charge in [0.25, 0.3) is 0 Å². The van der Waals surface area contributed by atoms with Gasteiger partial charge in [0.05, 0.1) is 0 Å². The second kappa shape index (κ2) is 17.5. The zero-order chi connectivity index (χ0) is 16.3. The third-order valence-electron chi connectivity index (χ3n) is 3.22. The van der Waals surface area contributed by atoms with E-state index >= 15 is 0 Å². The van der Waals surface area contributed by atoms with Crippen molar-refractivity contribution in [2.75, 3.05) is 0 Å². The SMILES string of the molecule is CCCCC/C=C\CC=CCC=CC/C=C\CCCC(=O)O. The molecule has 0 spiro atoms. The van der Waals surface area contributed by atoms with E-state index in [9.17, 15) is 4.79 Å². The number of carboxylic acid groups (broad SMARTS) is 1. The van der Waals surface area contributed by atoms with Gasteiger partial charge in [0.2, 0.25) is 0 Å². The first-order valence-electron chi connectivity index (χ1n) is 8.59. The smallest absolute Gasteiger partial charge is 0.303 e. The average Bonchev–Trinajstić information content (AvgIpc) is 2.50. The fourth-order valence-electron chi connectivity index (χ4n) is 1.93. The zero-order valence-electron chi connectivity index (χ0n) is 14.0. The Morgan fingerprint density at radius 1 is 0.727 bits per heavy atom. The lowest BCUT2D eigenvalue weighted by molar-refractivity contribution is -0.137. The number of rotatable bonds is 14. The lowest BCUT2D eigenvalue weighted by atomic mass is 10.2. The van der Waals surface area contributed by atoms with Crippen molar-refractivity contribution in [3.8, 4) is 0 Å². The van der Waals surface area contributed by atoms with E-state index in [0.717, 1.165) is 32.1 Å². The lowest BCUT2D eigenvalue weighted by Gasteiger charge is -1.90. The molecule has 2 nitrogen and oxygen atoms in total. The highest BCUT2D eigenvalue weighted by Gasteiger charge is 1.92. The van der Waals surface area contributed by atoms with Crippen LogP contribution in [0.4, 0.5) is 0 Å². The van der Waals surface area contributed by atoms with Crippen molar-refractivity contribution in [3.63, 3.8) is 0 Å². The number of hydrogen-bond donors (Lipinski definition) is 1. The molecule has 0 bridgehead atoms. The maximum atomic E-state index is 10.3. The Kier molecular flexibility index (Phi) is 16.2. The molecule has 0 saturated heterocycles. The van der Waals surface area contributed by atoms with E-state index in [0.29, 0.717) is 0 Å². The van der Waals surface area contributed by atoms with Gasteiger partial charge in [-0.1, -0.05) is 68.4 Å². The molecule has 0 rings (SSSR count). The summed E-state index contributed by atoms with van der Waals surface area (Å²) in [4.78, 5) is 10.3. The number of aliphatic carboxylic acids is 1. The molecule has 0 aliphatic rings. The van der Waals surface area contributed by atoms with E-state index in [4.69, 9.17) is 5.11 Å². The van der Waals surface area contributed by atoms with Crippen molar-refractivity contribution < 1.29 is 9.90 Å². The van der Waals surface area contributed by atoms with Crippen molar-refractivity contribution in [2.45, 2.75) is 71.1 Å². The number of hydrogen-bond acceptors (Lipinski definition) is 1. The van der Waals surface area contributed by atoms with E-state index in [1.165, 1.54) is 25.7 Å². The molecule has 0 aliphatic carbocycles. The highest BCUT2D eigenvalue weighted by Crippen LogP contribution is 2.01. The van der Waals surface area contributed by atoms with Gasteiger partial charge < -0.3 is 5.11 Å². The van der Waals surface area contributed by atoms with E-state index in [-0.39, 0.29) is 6.42 Å². The Hall–Kier alpha value is -1.57. The molecule has 2 heteroatoms. The molecule has 1 N–H and O–H groups in total. The Morgan fingerprint density at radius 2 is 1.18 bits per heavy atom. The van der Waals surface area contributed by atoms with Crippen LogP contribution >= 0.6 is 0 Å². The molecule has 0 unspecified atom stereocenters. The third-order valence-corrected chi connectivity index (χ3v) is 3.22. The van der Waals surface area contributed by atoms with Crippen molar-refractivity contribution in [1.82, 2.24) is 0 Å². The molecule has 22 heavy (non-hydrogen) atoms. The van der Waals surface area contributed by atoms with Crippen molar-refractivity contribution in [2.24, 2.45) is 0 Å². The van der Waals surface area contributed by atoms with Gasteiger partial charge in [0, 0.05) is 6.42 Å². The fourth-order valence-corrected chi connectivity index (χ4v) is 1.93. The monoisotopic (exact) mass is 304 g/mol. The number of unbranched alkanes of at least 4 members (excludes halogenated alkanes) is 4. The molecule has 124 valence electrons. The van der Waals surface area contributed by atoms with Crippen molar-refractivity contribution in [1.29, 1.82) is 0 Å². The van der Waals surface area contributed by atoms with E-state index < -0.39 is 5.97 Å². The number of allylic oxidation sites excluding steroid dienone is 8. The molecule has 0 amide bonds. The van der Waals surface area contributed by atoms with E-state index in [1.54, 1.807) is 0 Å². The summed E-state index contributed by atoms with van der Waals surface area (Å²) in [6.45, 7) is 2.23. The summed E-state index contributed by atoms with van der Waals surface area (Å²) in [5.74, 6) is -0.712. The summed E-state index contributed by atoms with van der Waals surface area (Å²) in [5, 5.41) is 8.49. The number of carbonyl (C=O) groups is 1. The third kappa shape index (κ3) is 18.4. The summed E-state index contributed by atoms with van der Waals surface area (Å²) < 4.78 is 0. The van der Waals surface area contributed by atoms with Gasteiger partial charge in [-0.2, -0.15) is 0 Å². The minimum absolute atomic E-state index is 0.262. The predicted molar refractivity (Wildman–Crippen MR) is 96.0 cm³/mol. The Morgan fingerprint density at radius 3 is 1.64 bits per heavy atom. The quantitative estimate of drug-likeness (QED) is 0.305. The van der Waals surface area contributed by atoms with Gasteiger partial charge >= 0.3 is 5.97 Å². The van der Waals surface area contributed by atoms with Crippen LogP contribution in [0.2, 0.25) is 0 Å². The highest BCUT2D eigenvalue weighted by atomic mass is 16.4. The fraction of sp³-hybridized carbons (Fsp3) is 0.550. The van der Waals surface area contributed by atoms with Crippen LogP contribution in [0, 0.1) is 0 Å². The first-order chi connectivity index (χ1) is 10.8. The van der Waals surface area contributed by atoms with Crippen LogP contribution < -0.4 is 0 Å². The zero-order valence-corrected chi connectivity index (χ0v) is 14.0. The van der Waals surface area contributed by atoms with Crippen LogP contribution in [0.15, 0.2) is 48.6 Å². The van der Waals surface area contributed by atoms with Gasteiger partial charge in [0.15, 0.2) is 0 Å². The second-order valence-corrected chi connectivity index (χ2v) is 5.37. The van der Waals surface area contributed by atoms with Crippen LogP contribution in [-0.2, 0) is 4.79 Å². The summed E-state index contributed by atoms with van der Waals surface area (Å²) in [5.41, 5.74) is 0. The maximum Gasteiger partial charge on any atom is 0.303 e. The molecule has 0 aromatic heterocycles. The van der Waals surface area contributed by atoms with Gasteiger partial charge in [-0.05, 0) is 44.9 Å². The molecule has 0 atom stereocenters. The van der Waals surface area contributed by atoms with Gasteiger partial charge in [-0.15, -0.1) is 0 Å². The van der Waals surface area contributed by atoms with Gasteiger partial charge in [-0.3, -0.25) is 4.79 Å². The summed E-state index contributed by atoms with van der Waals surface area (Å²) >= 11 is 0. The van der Waals surface area contributed by atoms with Gasteiger partial charge in [0.1, 0.15) is 0 Å². The molecule has 0 aliphatic heterocycles. The van der Waals surface area contributed by atoms with Crippen LogP contribution in [0.25, 0.3) is 0 Å². The number of carboxylic acids is 1. The minimum Gasteiger partial charge on any atom is -0.481 e. The first-order valence-corrected chi connectivity index (χ1v) is 8.59. The Bertz CT molecular complexity index is 362. The minimum atomic E-state index is -0.712. The standard InChI is InChI=1S/C20H32O2/c1-2-3-4-5-6-7-8-9-10-11-12-13-14-15-16-17-18-19-20(21)22/h6-7,9-10,12-13,15-16H,2-5,8,11,14,17-19H2,1H3,(H,21,22)/b7-6-,10-9?,13-12?,16-15-. The topological polar surface area (TPSA) is 37.3 Å². The van der Waals surface area contributed by atoms with Crippen LogP contribution in [0.1, 0.15) is 71.1 Å². The second-order valence-electron chi connectivity index (χ2n) is 5.37. The van der Waals surface area contributed by atoms with Crippen LogP contribution in [0.3, 0.4) is 0 Å². The summed E-state index contributed by atoms with van der Waals surface area (Å²) in [7, 11) is 0. The maximum absolute atomic E-state index is 10.3. The Labute approximate surface area is 136 Å². The van der Waals surface area contributed by atoms with E-state index in [1.807, 2.05) is 0 Å². The van der Waals surface area contributed by atoms with E-state index in [2.05, 4.69) is 55.5 Å². The summed E-state index contributed by atoms with van der Waals surface area (Å²) in [6, 6.07) is 0. The normalized spacial score (nSPS) is 12.4. The molecule has 0 heterocycles. The molecule has 0 fully saturated rings. The van der Waals surface area contributed by atoms with Gasteiger partial charge in [-0.25, -0.2) is 0 Å². The largest absolute Gasteiger partial charge is 0.481 e. The highest BCUT2D eigenvalue weighted by molar-refractivity contribution is 5.66. The average molecular weight is 304 g/mol. The molecule has 0 aromatic rings. The van der Waals surface area contributed by atoms with Crippen molar-refractivity contribution >= 4 is 5.97 Å². The Balaban J connectivity index is 3.40. The molecular formula is C20H32O2. The molecule has 0 saturated carbocycles. The van der Waals surface area contributed by atoms with Crippen LogP contribution in [-0.4, -0.2) is 11.1 Å². The lowest BCUT2D eigenvalue weighted by Crippen LogP contribution is -1.92. The summed E-state index contributed by atoms with van der Waals surface area (Å²) in [6.07, 6.45) is 27.3. The molecule has 0 aromatic carbocycles. The van der Waals surface area contributed by atoms with Crippen molar-refractivity contribution in [3.05, 3.63) is 48.6 Å². The predicted octanol–water partition coefficient (Wildman–Crippen LogP) is 6.22. The first kappa shape index (κ1) is 20.4. The molecular weight excluding hydrogens is 272 g/mol. The molecule has 0 radical (unpaired) electrons. The van der Waals surface area contributed by atoms with Crippen LogP contribution in [0.5, 0.6) is 0 Å².